The van der Waals surface area contributed by atoms with Crippen molar-refractivity contribution in [2.75, 3.05) is 0 Å². The second-order valence-electron chi connectivity index (χ2n) is 5.81. The predicted molar refractivity (Wildman–Crippen MR) is 83.6 cm³/mol. The van der Waals surface area contributed by atoms with Gasteiger partial charge in [-0.3, -0.25) is 0 Å². The third-order valence-electron chi connectivity index (χ3n) is 3.12. The van der Waals surface area contributed by atoms with Crippen LogP contribution in [-0.4, -0.2) is 0 Å². The zero-order valence-electron chi connectivity index (χ0n) is 11.9. The lowest BCUT2D eigenvalue weighted by Crippen LogP contribution is -2.10. The first-order valence-corrected chi connectivity index (χ1v) is 7.33. The summed E-state index contributed by atoms with van der Waals surface area (Å²) in [4.78, 5) is 0. The maximum Gasteiger partial charge on any atom is 0.141 e. The minimum atomic E-state index is -0.314. The van der Waals surface area contributed by atoms with Crippen molar-refractivity contribution >= 4 is 15.9 Å². The van der Waals surface area contributed by atoms with Crippen LogP contribution in [0.4, 0.5) is 4.39 Å². The fourth-order valence-corrected chi connectivity index (χ4v) is 2.08. The molecule has 0 amide bonds. The highest BCUT2D eigenvalue weighted by Gasteiger charge is 2.12. The van der Waals surface area contributed by atoms with Gasteiger partial charge in [0, 0.05) is 6.07 Å². The fourth-order valence-electron chi connectivity index (χ4n) is 1.83. The first-order chi connectivity index (χ1) is 9.36. The van der Waals surface area contributed by atoms with E-state index in [0.29, 0.717) is 16.8 Å². The number of benzene rings is 2. The van der Waals surface area contributed by atoms with Crippen LogP contribution in [0, 0.1) is 5.82 Å². The highest BCUT2D eigenvalue weighted by Crippen LogP contribution is 2.24. The Morgan fingerprint density at radius 3 is 2.25 bits per heavy atom. The molecular weight excluding hydrogens is 319 g/mol. The molecule has 0 fully saturated rings. The van der Waals surface area contributed by atoms with Crippen LogP contribution in [-0.2, 0) is 12.0 Å². The van der Waals surface area contributed by atoms with Crippen molar-refractivity contribution < 1.29 is 9.13 Å². The molecule has 20 heavy (non-hydrogen) atoms. The molecule has 0 aliphatic carbocycles. The molecule has 1 nitrogen and oxygen atoms in total. The second kappa shape index (κ2) is 5.96. The van der Waals surface area contributed by atoms with Crippen LogP contribution in [0.2, 0.25) is 0 Å². The summed E-state index contributed by atoms with van der Waals surface area (Å²) in [5.41, 5.74) is 2.51. The van der Waals surface area contributed by atoms with Gasteiger partial charge in [-0.25, -0.2) is 4.39 Å². The number of hydrogen-bond donors (Lipinski definition) is 0. The van der Waals surface area contributed by atoms with Gasteiger partial charge in [0.25, 0.3) is 0 Å². The first kappa shape index (κ1) is 15.0. The summed E-state index contributed by atoms with van der Waals surface area (Å²) in [6, 6.07) is 13.1. The van der Waals surface area contributed by atoms with E-state index in [9.17, 15) is 4.39 Å². The fraction of sp³-hybridized carbons (Fsp3) is 0.294. The molecule has 0 aliphatic heterocycles. The summed E-state index contributed by atoms with van der Waals surface area (Å²) in [5.74, 6) is 0.219. The van der Waals surface area contributed by atoms with Crippen molar-refractivity contribution in [2.24, 2.45) is 0 Å². The van der Waals surface area contributed by atoms with Crippen LogP contribution >= 0.6 is 15.9 Å². The van der Waals surface area contributed by atoms with E-state index in [2.05, 4.69) is 61.0 Å². The molecule has 0 bridgehead atoms. The Kier molecular flexibility index (Phi) is 4.48. The third kappa shape index (κ3) is 3.83. The van der Waals surface area contributed by atoms with E-state index < -0.39 is 0 Å². The molecule has 0 N–H and O–H groups in total. The van der Waals surface area contributed by atoms with E-state index in [1.165, 1.54) is 11.6 Å². The number of ether oxygens (including phenoxy) is 1. The van der Waals surface area contributed by atoms with Gasteiger partial charge < -0.3 is 4.74 Å². The Morgan fingerprint density at radius 2 is 1.70 bits per heavy atom. The molecule has 2 aromatic carbocycles. The number of hydrogen-bond acceptors (Lipinski definition) is 1. The quantitative estimate of drug-likeness (QED) is 0.722. The largest absolute Gasteiger partial charge is 0.489 e. The van der Waals surface area contributed by atoms with E-state index in [0.717, 1.165) is 5.56 Å². The topological polar surface area (TPSA) is 9.23 Å². The van der Waals surface area contributed by atoms with Crippen molar-refractivity contribution in [2.45, 2.75) is 32.8 Å². The summed E-state index contributed by atoms with van der Waals surface area (Å²) in [7, 11) is 0. The molecular formula is C17H18BrFO. The first-order valence-electron chi connectivity index (χ1n) is 6.53. The highest BCUT2D eigenvalue weighted by molar-refractivity contribution is 9.10. The van der Waals surface area contributed by atoms with E-state index in [1.807, 2.05) is 0 Å². The molecule has 0 atom stereocenters. The van der Waals surface area contributed by atoms with Gasteiger partial charge >= 0.3 is 0 Å². The summed E-state index contributed by atoms with van der Waals surface area (Å²) in [5, 5.41) is 0. The Hall–Kier alpha value is -1.35. The molecule has 2 rings (SSSR count). The number of halogens is 2. The Balaban J connectivity index is 2.02. The molecule has 2 aromatic rings. The van der Waals surface area contributed by atoms with E-state index in [1.54, 1.807) is 12.1 Å². The zero-order chi connectivity index (χ0) is 14.8. The average Bonchev–Trinajstić information content (AvgIpc) is 2.40. The maximum absolute atomic E-state index is 13.4. The van der Waals surface area contributed by atoms with E-state index in [4.69, 9.17) is 4.74 Å². The van der Waals surface area contributed by atoms with Crippen LogP contribution < -0.4 is 4.74 Å². The summed E-state index contributed by atoms with van der Waals surface area (Å²) >= 11 is 3.12. The molecule has 0 spiro atoms. The normalized spacial score (nSPS) is 11.4. The van der Waals surface area contributed by atoms with Gasteiger partial charge in [0.1, 0.15) is 18.2 Å². The standard InChI is InChI=1S/C17H18BrFO/c1-17(2,3)13-6-4-12(5-7-13)11-20-14-8-9-15(18)16(19)10-14/h4-10H,11H2,1-3H3. The third-order valence-corrected chi connectivity index (χ3v) is 3.76. The van der Waals surface area contributed by atoms with Crippen molar-refractivity contribution in [1.29, 1.82) is 0 Å². The summed E-state index contributed by atoms with van der Waals surface area (Å²) in [6.07, 6.45) is 0. The molecule has 0 heterocycles. The van der Waals surface area contributed by atoms with E-state index in [-0.39, 0.29) is 11.2 Å². The van der Waals surface area contributed by atoms with Gasteiger partial charge in [0.2, 0.25) is 0 Å². The Morgan fingerprint density at radius 1 is 1.05 bits per heavy atom. The monoisotopic (exact) mass is 336 g/mol. The number of rotatable bonds is 3. The zero-order valence-corrected chi connectivity index (χ0v) is 13.5. The van der Waals surface area contributed by atoms with Gasteiger partial charge in [-0.05, 0) is 44.6 Å². The molecule has 0 aliphatic rings. The molecule has 0 unspecified atom stereocenters. The molecule has 0 saturated heterocycles. The van der Waals surface area contributed by atoms with Gasteiger partial charge in [0.15, 0.2) is 0 Å². The minimum absolute atomic E-state index is 0.147. The van der Waals surface area contributed by atoms with Gasteiger partial charge in [-0.15, -0.1) is 0 Å². The highest BCUT2D eigenvalue weighted by atomic mass is 79.9. The lowest BCUT2D eigenvalue weighted by Gasteiger charge is -2.19. The van der Waals surface area contributed by atoms with Crippen molar-refractivity contribution in [3.8, 4) is 5.75 Å². The van der Waals surface area contributed by atoms with Crippen LogP contribution in [0.25, 0.3) is 0 Å². The summed E-state index contributed by atoms with van der Waals surface area (Å²) in [6.45, 7) is 6.99. The van der Waals surface area contributed by atoms with Gasteiger partial charge in [-0.2, -0.15) is 0 Å². The van der Waals surface area contributed by atoms with Crippen molar-refractivity contribution in [3.05, 3.63) is 63.9 Å². The van der Waals surface area contributed by atoms with Crippen LogP contribution in [0.5, 0.6) is 5.75 Å². The Labute approximate surface area is 127 Å². The predicted octanol–water partition coefficient (Wildman–Crippen LogP) is 5.46. The van der Waals surface area contributed by atoms with Crippen LogP contribution in [0.3, 0.4) is 0 Å². The summed E-state index contributed by atoms with van der Waals surface area (Å²) < 4.78 is 19.4. The van der Waals surface area contributed by atoms with Crippen molar-refractivity contribution in [3.63, 3.8) is 0 Å². The molecule has 3 heteroatoms. The smallest absolute Gasteiger partial charge is 0.141 e. The van der Waals surface area contributed by atoms with E-state index >= 15 is 0 Å². The Bertz CT molecular complexity index is 585. The second-order valence-corrected chi connectivity index (χ2v) is 6.67. The van der Waals surface area contributed by atoms with Crippen LogP contribution in [0.1, 0.15) is 31.9 Å². The lowest BCUT2D eigenvalue weighted by atomic mass is 9.87. The molecule has 0 aromatic heterocycles. The maximum atomic E-state index is 13.4. The average molecular weight is 337 g/mol. The molecule has 0 saturated carbocycles. The van der Waals surface area contributed by atoms with Gasteiger partial charge in [-0.1, -0.05) is 45.0 Å². The van der Waals surface area contributed by atoms with Crippen molar-refractivity contribution in [1.82, 2.24) is 0 Å². The lowest BCUT2D eigenvalue weighted by molar-refractivity contribution is 0.304. The SMILES string of the molecule is CC(C)(C)c1ccc(COc2ccc(Br)c(F)c2)cc1. The molecule has 106 valence electrons. The minimum Gasteiger partial charge on any atom is -0.489 e. The molecule has 0 radical (unpaired) electrons. The van der Waals surface area contributed by atoms with Gasteiger partial charge in [0.05, 0.1) is 4.47 Å². The van der Waals surface area contributed by atoms with Crippen LogP contribution in [0.15, 0.2) is 46.9 Å².